The van der Waals surface area contributed by atoms with Gasteiger partial charge in [-0.2, -0.15) is 0 Å². The number of nitrogen functional groups attached to an aromatic ring is 1. The SMILES string of the molecule is CC1(C)CCCN(c2c(F)cc(N)c3cccnc23)C1. The Bertz CT molecular complexity index is 651. The molecule has 0 radical (unpaired) electrons. The Hall–Kier alpha value is -1.84. The van der Waals surface area contributed by atoms with Crippen LogP contribution in [0.2, 0.25) is 0 Å². The Balaban J connectivity index is 2.16. The smallest absolute Gasteiger partial charge is 0.150 e. The first-order chi connectivity index (χ1) is 9.48. The van der Waals surface area contributed by atoms with E-state index in [1.54, 1.807) is 6.20 Å². The van der Waals surface area contributed by atoms with Crippen molar-refractivity contribution in [2.24, 2.45) is 5.41 Å². The fourth-order valence-electron chi connectivity index (χ4n) is 3.14. The number of anilines is 2. The zero-order valence-corrected chi connectivity index (χ0v) is 12.0. The van der Waals surface area contributed by atoms with Crippen molar-refractivity contribution < 1.29 is 4.39 Å². The second-order valence-corrected chi connectivity index (χ2v) is 6.39. The van der Waals surface area contributed by atoms with Gasteiger partial charge in [0, 0.05) is 30.4 Å². The maximum absolute atomic E-state index is 14.5. The zero-order chi connectivity index (χ0) is 14.3. The number of benzene rings is 1. The molecule has 2 heterocycles. The molecule has 0 atom stereocenters. The molecular formula is C16H20FN3. The third-order valence-electron chi connectivity index (χ3n) is 4.07. The highest BCUT2D eigenvalue weighted by atomic mass is 19.1. The fourth-order valence-corrected chi connectivity index (χ4v) is 3.14. The lowest BCUT2D eigenvalue weighted by molar-refractivity contribution is 0.292. The van der Waals surface area contributed by atoms with Gasteiger partial charge in [0.1, 0.15) is 0 Å². The van der Waals surface area contributed by atoms with Crippen molar-refractivity contribution in [1.82, 2.24) is 4.98 Å². The van der Waals surface area contributed by atoms with E-state index in [0.29, 0.717) is 16.9 Å². The minimum atomic E-state index is -0.272. The van der Waals surface area contributed by atoms with Crippen molar-refractivity contribution >= 4 is 22.3 Å². The summed E-state index contributed by atoms with van der Waals surface area (Å²) in [7, 11) is 0. The van der Waals surface area contributed by atoms with E-state index in [2.05, 4.69) is 23.7 Å². The normalized spacial score (nSPS) is 18.4. The van der Waals surface area contributed by atoms with Gasteiger partial charge in [0.2, 0.25) is 0 Å². The minimum Gasteiger partial charge on any atom is -0.398 e. The van der Waals surface area contributed by atoms with Crippen LogP contribution in [0.3, 0.4) is 0 Å². The van der Waals surface area contributed by atoms with Crippen LogP contribution in [0.15, 0.2) is 24.4 Å². The second-order valence-electron chi connectivity index (χ2n) is 6.39. The number of hydrogen-bond acceptors (Lipinski definition) is 3. The molecular weight excluding hydrogens is 253 g/mol. The first-order valence-electron chi connectivity index (χ1n) is 7.06. The van der Waals surface area contributed by atoms with Gasteiger partial charge >= 0.3 is 0 Å². The highest BCUT2D eigenvalue weighted by Crippen LogP contribution is 2.37. The number of aromatic nitrogens is 1. The molecule has 0 saturated carbocycles. The molecule has 0 bridgehead atoms. The summed E-state index contributed by atoms with van der Waals surface area (Å²) in [4.78, 5) is 6.48. The molecule has 0 spiro atoms. The summed E-state index contributed by atoms with van der Waals surface area (Å²) in [6.07, 6.45) is 3.94. The van der Waals surface area contributed by atoms with E-state index < -0.39 is 0 Å². The number of hydrogen-bond donors (Lipinski definition) is 1. The lowest BCUT2D eigenvalue weighted by Gasteiger charge is -2.39. The number of halogens is 1. The summed E-state index contributed by atoms with van der Waals surface area (Å²) in [5.41, 5.74) is 7.83. The van der Waals surface area contributed by atoms with Gasteiger partial charge in [-0.1, -0.05) is 13.8 Å². The van der Waals surface area contributed by atoms with Crippen molar-refractivity contribution in [1.29, 1.82) is 0 Å². The van der Waals surface area contributed by atoms with E-state index in [9.17, 15) is 4.39 Å². The molecule has 0 unspecified atom stereocenters. The summed E-state index contributed by atoms with van der Waals surface area (Å²) < 4.78 is 14.5. The average molecular weight is 273 g/mol. The van der Waals surface area contributed by atoms with Crippen LogP contribution in [0.25, 0.3) is 10.9 Å². The van der Waals surface area contributed by atoms with Gasteiger partial charge in [-0.05, 0) is 36.5 Å². The van der Waals surface area contributed by atoms with Crippen LogP contribution >= 0.6 is 0 Å². The van der Waals surface area contributed by atoms with E-state index in [0.717, 1.165) is 24.9 Å². The van der Waals surface area contributed by atoms with Gasteiger partial charge in [0.25, 0.3) is 0 Å². The van der Waals surface area contributed by atoms with Crippen molar-refractivity contribution in [2.75, 3.05) is 23.7 Å². The predicted molar refractivity (Wildman–Crippen MR) is 81.3 cm³/mol. The van der Waals surface area contributed by atoms with Gasteiger partial charge in [0.15, 0.2) is 5.82 Å². The molecule has 3 nitrogen and oxygen atoms in total. The standard InChI is InChI=1S/C16H20FN3/c1-16(2)6-4-8-20(10-16)15-12(17)9-13(18)11-5-3-7-19-14(11)15/h3,5,7,9H,4,6,8,10,18H2,1-2H3. The average Bonchev–Trinajstić information content (AvgIpc) is 2.37. The highest BCUT2D eigenvalue weighted by molar-refractivity contribution is 5.98. The Kier molecular flexibility index (Phi) is 3.04. The number of piperidine rings is 1. The maximum Gasteiger partial charge on any atom is 0.150 e. The maximum atomic E-state index is 14.5. The molecule has 1 saturated heterocycles. The summed E-state index contributed by atoms with van der Waals surface area (Å²) in [6, 6.07) is 5.15. The van der Waals surface area contributed by atoms with E-state index in [-0.39, 0.29) is 11.2 Å². The molecule has 20 heavy (non-hydrogen) atoms. The quantitative estimate of drug-likeness (QED) is 0.807. The van der Waals surface area contributed by atoms with Crippen LogP contribution < -0.4 is 10.6 Å². The molecule has 0 amide bonds. The third-order valence-corrected chi connectivity index (χ3v) is 4.07. The minimum absolute atomic E-state index is 0.202. The van der Waals surface area contributed by atoms with Crippen LogP contribution in [0, 0.1) is 11.2 Å². The Morgan fingerprint density at radius 3 is 2.95 bits per heavy atom. The Morgan fingerprint density at radius 2 is 2.20 bits per heavy atom. The topological polar surface area (TPSA) is 42.1 Å². The monoisotopic (exact) mass is 273 g/mol. The summed E-state index contributed by atoms with van der Waals surface area (Å²) in [5, 5.41) is 0.826. The molecule has 2 N–H and O–H groups in total. The molecule has 0 aliphatic carbocycles. The number of nitrogens with zero attached hydrogens (tertiary/aromatic N) is 2. The van der Waals surface area contributed by atoms with Gasteiger partial charge < -0.3 is 10.6 Å². The third kappa shape index (κ3) is 2.19. The van der Waals surface area contributed by atoms with Crippen molar-refractivity contribution in [2.45, 2.75) is 26.7 Å². The van der Waals surface area contributed by atoms with E-state index in [4.69, 9.17) is 5.73 Å². The van der Waals surface area contributed by atoms with Gasteiger partial charge in [-0.3, -0.25) is 4.98 Å². The molecule has 1 aromatic carbocycles. The fraction of sp³-hybridized carbons (Fsp3) is 0.438. The predicted octanol–water partition coefficient (Wildman–Crippen LogP) is 3.58. The van der Waals surface area contributed by atoms with Crippen molar-refractivity contribution in [3.05, 3.63) is 30.2 Å². The number of fused-ring (bicyclic) bond motifs is 1. The first-order valence-corrected chi connectivity index (χ1v) is 7.06. The Labute approximate surface area is 118 Å². The second kappa shape index (κ2) is 4.62. The van der Waals surface area contributed by atoms with Crippen LogP contribution in [0.4, 0.5) is 15.8 Å². The number of pyridine rings is 1. The molecule has 1 aliphatic heterocycles. The number of rotatable bonds is 1. The molecule has 1 fully saturated rings. The molecule has 2 aromatic rings. The van der Waals surface area contributed by atoms with Crippen LogP contribution in [0.5, 0.6) is 0 Å². The van der Waals surface area contributed by atoms with Crippen LogP contribution in [-0.4, -0.2) is 18.1 Å². The zero-order valence-electron chi connectivity index (χ0n) is 12.0. The molecule has 4 heteroatoms. The van der Waals surface area contributed by atoms with Crippen LogP contribution in [-0.2, 0) is 0 Å². The largest absolute Gasteiger partial charge is 0.398 e. The summed E-state index contributed by atoms with van der Waals surface area (Å²) in [6.45, 7) is 6.17. The molecule has 1 aromatic heterocycles. The van der Waals surface area contributed by atoms with Crippen LogP contribution in [0.1, 0.15) is 26.7 Å². The lowest BCUT2D eigenvalue weighted by atomic mass is 9.84. The van der Waals surface area contributed by atoms with E-state index in [1.807, 2.05) is 12.1 Å². The molecule has 3 rings (SSSR count). The summed E-state index contributed by atoms with van der Waals surface area (Å²) in [5.74, 6) is -0.272. The van der Waals surface area contributed by atoms with Gasteiger partial charge in [-0.25, -0.2) is 4.39 Å². The van der Waals surface area contributed by atoms with Gasteiger partial charge in [0.05, 0.1) is 11.2 Å². The number of nitrogens with two attached hydrogens (primary N) is 1. The molecule has 1 aliphatic rings. The van der Waals surface area contributed by atoms with E-state index >= 15 is 0 Å². The van der Waals surface area contributed by atoms with E-state index in [1.165, 1.54) is 12.5 Å². The lowest BCUT2D eigenvalue weighted by Crippen LogP contribution is -2.40. The highest BCUT2D eigenvalue weighted by Gasteiger charge is 2.29. The van der Waals surface area contributed by atoms with Gasteiger partial charge in [-0.15, -0.1) is 0 Å². The van der Waals surface area contributed by atoms with Crippen molar-refractivity contribution in [3.8, 4) is 0 Å². The summed E-state index contributed by atoms with van der Waals surface area (Å²) >= 11 is 0. The Morgan fingerprint density at radius 1 is 1.40 bits per heavy atom. The molecule has 106 valence electrons. The first kappa shape index (κ1) is 13.2. The van der Waals surface area contributed by atoms with Crippen molar-refractivity contribution in [3.63, 3.8) is 0 Å².